The zero-order valence-electron chi connectivity index (χ0n) is 27.6. The molecule has 7 N–H and O–H groups in total. The molecule has 47 heavy (non-hydrogen) atoms. The molecule has 3 aliphatic carbocycles. The molecule has 2 aromatic rings. The number of primary amides is 1. The molecule has 1 saturated carbocycles. The topological polar surface area (TPSA) is 173 Å². The van der Waals surface area contributed by atoms with E-state index in [0.717, 1.165) is 23.3 Å². The Balaban J connectivity index is 1.58. The average Bonchev–Trinajstić information content (AvgIpc) is 2.98. The molecule has 5 rings (SSSR count). The Morgan fingerprint density at radius 3 is 2.32 bits per heavy atom. The van der Waals surface area contributed by atoms with Crippen LogP contribution < -0.4 is 11.1 Å². The number of nitrogens with one attached hydrogen (secondary N) is 1. The predicted octanol–water partition coefficient (Wildman–Crippen LogP) is 3.88. The van der Waals surface area contributed by atoms with Gasteiger partial charge in [0.1, 0.15) is 22.8 Å². The number of ketones is 2. The maximum Gasteiger partial charge on any atom is 0.255 e. The summed E-state index contributed by atoms with van der Waals surface area (Å²) in [5.41, 5.74) is 3.47. The molecule has 10 heteroatoms. The summed E-state index contributed by atoms with van der Waals surface area (Å²) in [6, 6.07) is 12.1. The zero-order valence-corrected chi connectivity index (χ0v) is 27.6. The summed E-state index contributed by atoms with van der Waals surface area (Å²) in [4.78, 5) is 41.9. The van der Waals surface area contributed by atoms with Gasteiger partial charge in [-0.15, -0.1) is 0 Å². The van der Waals surface area contributed by atoms with Crippen molar-refractivity contribution >= 4 is 28.8 Å². The molecule has 0 bridgehead atoms. The van der Waals surface area contributed by atoms with E-state index in [2.05, 4.69) is 17.4 Å². The van der Waals surface area contributed by atoms with E-state index in [1.165, 1.54) is 23.5 Å². The number of hydrogen-bond acceptors (Lipinski definition) is 9. The van der Waals surface area contributed by atoms with Crippen LogP contribution in [0.25, 0.3) is 11.3 Å². The van der Waals surface area contributed by atoms with Crippen molar-refractivity contribution in [3.8, 4) is 5.75 Å². The molecule has 4 atom stereocenters. The fraction of sp³-hybridized carbons (Fsp3) is 0.378. The third-order valence-electron chi connectivity index (χ3n) is 10.1. The molecule has 0 aromatic heterocycles. The Morgan fingerprint density at radius 2 is 1.70 bits per heavy atom. The van der Waals surface area contributed by atoms with E-state index in [4.69, 9.17) is 5.73 Å². The number of carbonyl (C=O) groups excluding carboxylic acids is 3. The van der Waals surface area contributed by atoms with Crippen molar-refractivity contribution in [2.24, 2.45) is 16.6 Å². The van der Waals surface area contributed by atoms with Crippen LogP contribution in [0.3, 0.4) is 0 Å². The van der Waals surface area contributed by atoms with Crippen LogP contribution in [0, 0.1) is 10.8 Å². The number of nitrogens with two attached hydrogens (primary N) is 1. The van der Waals surface area contributed by atoms with E-state index >= 15 is 0 Å². The summed E-state index contributed by atoms with van der Waals surface area (Å²) in [6.07, 6.45) is 4.11. The van der Waals surface area contributed by atoms with Gasteiger partial charge in [0.05, 0.1) is 11.6 Å². The first-order valence-corrected chi connectivity index (χ1v) is 15.6. The summed E-state index contributed by atoms with van der Waals surface area (Å²) >= 11 is 0. The van der Waals surface area contributed by atoms with Crippen molar-refractivity contribution < 1.29 is 34.8 Å². The summed E-state index contributed by atoms with van der Waals surface area (Å²) < 4.78 is 0. The molecule has 10 nitrogen and oxygen atoms in total. The molecule has 0 saturated heterocycles. The SMILES string of the molecule is C/C(=C\C=C(/C)c1ccc(O)c2c1C[C@@]1(C)C[C@@]3(C)C(N(C)C)C(=O)C(C(N)=O)=C(O)[C@@]3(O)C(=O)C1=C2O)CNCc1ccccc1. The van der Waals surface area contributed by atoms with Gasteiger partial charge in [-0.25, -0.2) is 0 Å². The van der Waals surface area contributed by atoms with E-state index in [0.29, 0.717) is 12.1 Å². The number of phenolic OH excluding ortho intramolecular Hbond substituents is 1. The lowest BCUT2D eigenvalue weighted by atomic mass is 9.46. The molecular weight excluding hydrogens is 598 g/mol. The Bertz CT molecular complexity index is 1800. The summed E-state index contributed by atoms with van der Waals surface area (Å²) in [7, 11) is 3.16. The van der Waals surface area contributed by atoms with Crippen molar-refractivity contribution in [1.29, 1.82) is 0 Å². The number of hydrogen-bond donors (Lipinski definition) is 6. The molecule has 1 unspecified atom stereocenters. The first-order chi connectivity index (χ1) is 22.0. The first kappa shape index (κ1) is 33.8. The van der Waals surface area contributed by atoms with Crippen LogP contribution in [0.5, 0.6) is 5.75 Å². The van der Waals surface area contributed by atoms with Crippen molar-refractivity contribution in [3.05, 3.63) is 99.3 Å². The number of carbonyl (C=O) groups is 3. The van der Waals surface area contributed by atoms with Crippen molar-refractivity contribution in [2.75, 3.05) is 20.6 Å². The lowest BCUT2D eigenvalue weighted by Crippen LogP contribution is -2.72. The molecule has 3 aliphatic rings. The second-order valence-electron chi connectivity index (χ2n) is 13.9. The van der Waals surface area contributed by atoms with E-state index in [1.807, 2.05) is 44.2 Å². The number of benzene rings is 2. The minimum Gasteiger partial charge on any atom is -0.508 e. The Labute approximate surface area is 274 Å². The number of fused-ring (bicyclic) bond motifs is 3. The fourth-order valence-corrected chi connectivity index (χ4v) is 8.11. The maximum atomic E-state index is 14.4. The van der Waals surface area contributed by atoms with E-state index in [-0.39, 0.29) is 29.7 Å². The molecule has 0 spiro atoms. The molecule has 1 amide bonds. The minimum atomic E-state index is -2.75. The largest absolute Gasteiger partial charge is 0.508 e. The second-order valence-corrected chi connectivity index (χ2v) is 13.9. The molecule has 1 fully saturated rings. The van der Waals surface area contributed by atoms with Gasteiger partial charge in [-0.2, -0.15) is 0 Å². The average molecular weight is 642 g/mol. The van der Waals surface area contributed by atoms with Crippen LogP contribution in [0.1, 0.15) is 56.4 Å². The number of nitrogens with zero attached hydrogens (tertiary/aromatic N) is 1. The smallest absolute Gasteiger partial charge is 0.255 e. The number of aliphatic hydroxyl groups excluding tert-OH is 2. The number of aliphatic hydroxyl groups is 3. The number of aromatic hydroxyl groups is 1. The molecule has 0 radical (unpaired) electrons. The van der Waals surface area contributed by atoms with Crippen LogP contribution in [0.15, 0.2) is 77.1 Å². The van der Waals surface area contributed by atoms with Crippen LogP contribution >= 0.6 is 0 Å². The van der Waals surface area contributed by atoms with E-state index in [9.17, 15) is 34.8 Å². The third kappa shape index (κ3) is 5.21. The normalized spacial score (nSPS) is 28.0. The van der Waals surface area contributed by atoms with Crippen LogP contribution in [0.4, 0.5) is 0 Å². The predicted molar refractivity (Wildman–Crippen MR) is 179 cm³/mol. The van der Waals surface area contributed by atoms with Crippen molar-refractivity contribution in [1.82, 2.24) is 10.2 Å². The van der Waals surface area contributed by atoms with Crippen LogP contribution in [-0.2, 0) is 27.3 Å². The Hall–Kier alpha value is -4.51. The van der Waals surface area contributed by atoms with E-state index in [1.54, 1.807) is 27.1 Å². The highest BCUT2D eigenvalue weighted by molar-refractivity contribution is 6.25. The standard InChI is InChI=1S/C37H43N3O7/c1-20(17-39-18-22-10-8-7-9-11-22)12-13-21(2)23-14-15-25(41)26-24(23)16-35(3)19-36(4)31(40(5)6)30(43)27(34(38)46)32(44)37(36,47)33(45)28(35)29(26)42/h7-15,31,39,41-42,44,47H,16-19H2,1-6H3,(H2,38,46)/b20-12+,21-13+/t31?,35-,36-,37+/m0/s1. The zero-order chi connectivity index (χ0) is 34.6. The monoisotopic (exact) mass is 641 g/mol. The van der Waals surface area contributed by atoms with Gasteiger partial charge in [0, 0.05) is 29.5 Å². The number of Topliss-reactive ketones (excluding diaryl/α,β-unsaturated/α-hetero) is 2. The minimum absolute atomic E-state index is 0.0320. The van der Waals surface area contributed by atoms with Gasteiger partial charge in [-0.1, -0.05) is 68.0 Å². The first-order valence-electron chi connectivity index (χ1n) is 15.6. The highest BCUT2D eigenvalue weighted by Gasteiger charge is 2.72. The number of amides is 1. The fourth-order valence-electron chi connectivity index (χ4n) is 8.11. The van der Waals surface area contributed by atoms with Gasteiger partial charge < -0.3 is 31.5 Å². The van der Waals surface area contributed by atoms with Gasteiger partial charge >= 0.3 is 0 Å². The molecule has 0 aliphatic heterocycles. The number of rotatable bonds is 8. The maximum absolute atomic E-state index is 14.4. The van der Waals surface area contributed by atoms with Gasteiger partial charge in [-0.05, 0) is 69.1 Å². The third-order valence-corrected chi connectivity index (χ3v) is 10.1. The second kappa shape index (κ2) is 11.9. The van der Waals surface area contributed by atoms with Gasteiger partial charge in [0.25, 0.3) is 5.91 Å². The van der Waals surface area contributed by atoms with Gasteiger partial charge in [0.2, 0.25) is 5.78 Å². The highest BCUT2D eigenvalue weighted by atomic mass is 16.3. The number of likely N-dealkylation sites (N-methyl/N-ethyl adjacent to an activating group) is 1. The summed E-state index contributed by atoms with van der Waals surface area (Å²) in [5, 5.41) is 49.6. The molecule has 2 aromatic carbocycles. The van der Waals surface area contributed by atoms with Gasteiger partial charge in [0.15, 0.2) is 11.4 Å². The Morgan fingerprint density at radius 1 is 1.04 bits per heavy atom. The highest BCUT2D eigenvalue weighted by Crippen LogP contribution is 2.63. The van der Waals surface area contributed by atoms with Crippen molar-refractivity contribution in [2.45, 2.75) is 58.7 Å². The molecule has 248 valence electrons. The van der Waals surface area contributed by atoms with Crippen LogP contribution in [-0.4, -0.2) is 75.1 Å². The summed E-state index contributed by atoms with van der Waals surface area (Å²) in [5.74, 6) is -5.02. The van der Waals surface area contributed by atoms with Crippen LogP contribution in [0.2, 0.25) is 0 Å². The summed E-state index contributed by atoms with van der Waals surface area (Å²) in [6.45, 7) is 8.65. The lowest BCUT2D eigenvalue weighted by molar-refractivity contribution is -0.176. The number of phenols is 1. The van der Waals surface area contributed by atoms with E-state index < -0.39 is 57.0 Å². The molecule has 0 heterocycles. The molecular formula is C37H43N3O7. The van der Waals surface area contributed by atoms with Crippen molar-refractivity contribution in [3.63, 3.8) is 0 Å². The van der Waals surface area contributed by atoms with Gasteiger partial charge in [-0.3, -0.25) is 19.3 Å². The number of allylic oxidation sites excluding steroid dienone is 3. The quantitative estimate of drug-likeness (QED) is 0.185. The lowest BCUT2D eigenvalue weighted by Gasteiger charge is -2.59. The Kier molecular flexibility index (Phi) is 8.59.